The molecule has 1 aliphatic heterocycles. The van der Waals surface area contributed by atoms with Gasteiger partial charge in [-0.05, 0) is 37.0 Å². The maximum atomic E-state index is 11.9. The van der Waals surface area contributed by atoms with E-state index >= 15 is 0 Å². The number of fused-ring (bicyclic) bond motifs is 1. The van der Waals surface area contributed by atoms with E-state index in [9.17, 15) is 9.59 Å². The Labute approximate surface area is 135 Å². The zero-order valence-corrected chi connectivity index (χ0v) is 13.0. The van der Waals surface area contributed by atoms with E-state index in [1.807, 2.05) is 36.4 Å². The Morgan fingerprint density at radius 1 is 1.30 bits per heavy atom. The van der Waals surface area contributed by atoms with Gasteiger partial charge in [-0.15, -0.1) is 0 Å². The van der Waals surface area contributed by atoms with Gasteiger partial charge < -0.3 is 14.8 Å². The summed E-state index contributed by atoms with van der Waals surface area (Å²) >= 11 is 0. The Kier molecular flexibility index (Phi) is 4.42. The number of Topliss-reactive ketones (excluding diaryl/α,β-unsaturated/α-hetero) is 1. The van der Waals surface area contributed by atoms with E-state index in [1.54, 1.807) is 13.0 Å². The van der Waals surface area contributed by atoms with Crippen LogP contribution in [-0.4, -0.2) is 18.1 Å². The average Bonchev–Trinajstić information content (AvgIpc) is 2.59. The predicted molar refractivity (Wildman–Crippen MR) is 89.0 cm³/mol. The number of nitrogens with one attached hydrogen (secondary N) is 1. The molecule has 1 N–H and O–H groups in total. The SMILES string of the molecule is CC(=O)c1cc(OCc2ccccc2)cc2c1CCC(C=O)N2. The smallest absolute Gasteiger partial charge is 0.160 e. The average molecular weight is 309 g/mol. The predicted octanol–water partition coefficient (Wildman–Crippen LogP) is 3.39. The third-order valence-electron chi connectivity index (χ3n) is 4.06. The van der Waals surface area contributed by atoms with Gasteiger partial charge in [0.2, 0.25) is 0 Å². The monoisotopic (exact) mass is 309 g/mol. The minimum Gasteiger partial charge on any atom is -0.489 e. The Bertz CT molecular complexity index is 725. The van der Waals surface area contributed by atoms with Crippen molar-refractivity contribution in [2.75, 3.05) is 5.32 Å². The van der Waals surface area contributed by atoms with Crippen LogP contribution in [-0.2, 0) is 17.8 Å². The molecule has 4 nitrogen and oxygen atoms in total. The first-order valence-electron chi connectivity index (χ1n) is 7.74. The van der Waals surface area contributed by atoms with Gasteiger partial charge in [0.1, 0.15) is 18.6 Å². The van der Waals surface area contributed by atoms with Crippen molar-refractivity contribution in [3.63, 3.8) is 0 Å². The van der Waals surface area contributed by atoms with Crippen molar-refractivity contribution in [3.8, 4) is 5.75 Å². The summed E-state index contributed by atoms with van der Waals surface area (Å²) in [6.07, 6.45) is 2.34. The van der Waals surface area contributed by atoms with Gasteiger partial charge in [0.15, 0.2) is 5.78 Å². The van der Waals surface area contributed by atoms with Crippen LogP contribution in [0.5, 0.6) is 5.75 Å². The zero-order chi connectivity index (χ0) is 16.2. The minimum absolute atomic E-state index is 0.0118. The highest BCUT2D eigenvalue weighted by molar-refractivity contribution is 5.98. The Hall–Kier alpha value is -2.62. The second-order valence-electron chi connectivity index (χ2n) is 5.75. The number of carbonyl (C=O) groups excluding carboxylic acids is 2. The molecule has 0 fully saturated rings. The molecule has 0 spiro atoms. The molecule has 0 saturated heterocycles. The van der Waals surface area contributed by atoms with Crippen LogP contribution in [0.4, 0.5) is 5.69 Å². The summed E-state index contributed by atoms with van der Waals surface area (Å²) in [6, 6.07) is 13.3. The molecule has 1 aliphatic rings. The van der Waals surface area contributed by atoms with Gasteiger partial charge in [0.05, 0.1) is 6.04 Å². The summed E-state index contributed by atoms with van der Waals surface area (Å²) in [7, 11) is 0. The van der Waals surface area contributed by atoms with Crippen molar-refractivity contribution >= 4 is 17.8 Å². The first kappa shape index (κ1) is 15.3. The molecule has 1 atom stereocenters. The highest BCUT2D eigenvalue weighted by atomic mass is 16.5. The van der Waals surface area contributed by atoms with Crippen molar-refractivity contribution in [1.82, 2.24) is 0 Å². The number of benzene rings is 2. The molecule has 4 heteroatoms. The van der Waals surface area contributed by atoms with Gasteiger partial charge in [-0.3, -0.25) is 4.79 Å². The largest absolute Gasteiger partial charge is 0.489 e. The molecular weight excluding hydrogens is 290 g/mol. The number of hydrogen-bond donors (Lipinski definition) is 1. The zero-order valence-electron chi connectivity index (χ0n) is 13.0. The molecule has 0 saturated carbocycles. The molecule has 23 heavy (non-hydrogen) atoms. The Morgan fingerprint density at radius 3 is 2.78 bits per heavy atom. The normalized spacial score (nSPS) is 16.1. The summed E-state index contributed by atoms with van der Waals surface area (Å²) in [5, 5.41) is 3.18. The molecule has 0 amide bonds. The van der Waals surface area contributed by atoms with Crippen molar-refractivity contribution in [2.24, 2.45) is 0 Å². The molecule has 0 radical (unpaired) electrons. The van der Waals surface area contributed by atoms with Crippen LogP contribution < -0.4 is 10.1 Å². The summed E-state index contributed by atoms with van der Waals surface area (Å²) in [6.45, 7) is 2.00. The lowest BCUT2D eigenvalue weighted by Crippen LogP contribution is -2.27. The van der Waals surface area contributed by atoms with Gasteiger partial charge in [-0.25, -0.2) is 0 Å². The Morgan fingerprint density at radius 2 is 2.09 bits per heavy atom. The van der Waals surface area contributed by atoms with Crippen molar-refractivity contribution < 1.29 is 14.3 Å². The van der Waals surface area contributed by atoms with E-state index in [1.165, 1.54) is 0 Å². The lowest BCUT2D eigenvalue weighted by atomic mass is 9.92. The van der Waals surface area contributed by atoms with Crippen LogP contribution >= 0.6 is 0 Å². The second kappa shape index (κ2) is 6.65. The van der Waals surface area contributed by atoms with Crippen LogP contribution in [0.15, 0.2) is 42.5 Å². The first-order valence-corrected chi connectivity index (χ1v) is 7.74. The third-order valence-corrected chi connectivity index (χ3v) is 4.06. The lowest BCUT2D eigenvalue weighted by molar-refractivity contribution is -0.108. The van der Waals surface area contributed by atoms with Crippen molar-refractivity contribution in [1.29, 1.82) is 0 Å². The highest BCUT2D eigenvalue weighted by Crippen LogP contribution is 2.32. The summed E-state index contributed by atoms with van der Waals surface area (Å²) in [5.74, 6) is 0.648. The molecule has 118 valence electrons. The molecule has 0 aromatic heterocycles. The van der Waals surface area contributed by atoms with E-state index in [0.717, 1.165) is 29.5 Å². The van der Waals surface area contributed by atoms with Crippen LogP contribution in [0.3, 0.4) is 0 Å². The van der Waals surface area contributed by atoms with Gasteiger partial charge >= 0.3 is 0 Å². The number of ether oxygens (including phenoxy) is 1. The number of rotatable bonds is 5. The standard InChI is InChI=1S/C19H19NO3/c1-13(22)18-9-16(23-12-14-5-3-2-4-6-14)10-19-17(18)8-7-15(11-21)20-19/h2-6,9-11,15,20H,7-8,12H2,1H3. The van der Waals surface area contributed by atoms with E-state index in [0.29, 0.717) is 24.3 Å². The van der Waals surface area contributed by atoms with Crippen LogP contribution in [0, 0.1) is 0 Å². The number of anilines is 1. The van der Waals surface area contributed by atoms with Crippen molar-refractivity contribution in [2.45, 2.75) is 32.4 Å². The molecule has 1 heterocycles. The fourth-order valence-corrected chi connectivity index (χ4v) is 2.86. The maximum absolute atomic E-state index is 11.9. The molecule has 1 unspecified atom stereocenters. The summed E-state index contributed by atoms with van der Waals surface area (Å²) in [5.41, 5.74) is 3.53. The summed E-state index contributed by atoms with van der Waals surface area (Å²) < 4.78 is 5.84. The van der Waals surface area contributed by atoms with Crippen LogP contribution in [0.2, 0.25) is 0 Å². The highest BCUT2D eigenvalue weighted by Gasteiger charge is 2.22. The third kappa shape index (κ3) is 3.42. The molecule has 0 aliphatic carbocycles. The Balaban J connectivity index is 1.87. The molecule has 2 aromatic rings. The summed E-state index contributed by atoms with van der Waals surface area (Å²) in [4.78, 5) is 23.0. The van der Waals surface area contributed by atoms with E-state index in [4.69, 9.17) is 4.74 Å². The van der Waals surface area contributed by atoms with E-state index in [-0.39, 0.29) is 11.8 Å². The van der Waals surface area contributed by atoms with E-state index < -0.39 is 0 Å². The van der Waals surface area contributed by atoms with Gasteiger partial charge in [0.25, 0.3) is 0 Å². The first-order chi connectivity index (χ1) is 11.2. The van der Waals surface area contributed by atoms with Gasteiger partial charge in [-0.2, -0.15) is 0 Å². The number of aldehydes is 1. The fraction of sp³-hybridized carbons (Fsp3) is 0.263. The van der Waals surface area contributed by atoms with Gasteiger partial charge in [0, 0.05) is 17.3 Å². The number of ketones is 1. The maximum Gasteiger partial charge on any atom is 0.160 e. The van der Waals surface area contributed by atoms with Crippen LogP contribution in [0.1, 0.15) is 34.8 Å². The topological polar surface area (TPSA) is 55.4 Å². The molecule has 3 rings (SSSR count). The van der Waals surface area contributed by atoms with E-state index in [2.05, 4.69) is 5.32 Å². The van der Waals surface area contributed by atoms with Crippen molar-refractivity contribution in [3.05, 3.63) is 59.2 Å². The van der Waals surface area contributed by atoms with Crippen LogP contribution in [0.25, 0.3) is 0 Å². The lowest BCUT2D eigenvalue weighted by Gasteiger charge is -2.25. The molecule has 2 aromatic carbocycles. The molecular formula is C19H19NO3. The fourth-order valence-electron chi connectivity index (χ4n) is 2.86. The minimum atomic E-state index is -0.202. The van der Waals surface area contributed by atoms with Gasteiger partial charge in [-0.1, -0.05) is 30.3 Å². The number of carbonyl (C=O) groups is 2. The molecule has 0 bridgehead atoms. The quantitative estimate of drug-likeness (QED) is 0.679. The number of hydrogen-bond acceptors (Lipinski definition) is 4. The second-order valence-corrected chi connectivity index (χ2v) is 5.75.